The summed E-state index contributed by atoms with van der Waals surface area (Å²) in [5.41, 5.74) is 5.11. The van der Waals surface area contributed by atoms with Gasteiger partial charge in [0.25, 0.3) is 0 Å². The molecule has 196 valence electrons. The molecule has 0 aromatic heterocycles. The molecule has 1 atom stereocenters. The number of nitrogens with one attached hydrogen (secondary N) is 2. The molecule has 0 radical (unpaired) electrons. The summed E-state index contributed by atoms with van der Waals surface area (Å²) in [4.78, 5) is 32.5. The Kier molecular flexibility index (Phi) is 18.7. The topological polar surface area (TPSA) is 107 Å². The SMILES string of the molecule is C=C/C(=C\C=C(/C)NCc1ccccc1)c1ccc(C(C)=O)cc1.CC.CNC(=O)C(C)C(C)=O.O. The maximum Gasteiger partial charge on any atom is 0.230 e. The molecule has 2 aromatic carbocycles. The number of hydrogen-bond donors (Lipinski definition) is 2. The van der Waals surface area contributed by atoms with Gasteiger partial charge in [0.15, 0.2) is 5.78 Å². The van der Waals surface area contributed by atoms with Crippen molar-refractivity contribution in [3.63, 3.8) is 0 Å². The number of Topliss-reactive ketones (excluding diaryl/α,β-unsaturated/α-hetero) is 2. The standard InChI is InChI=1S/C22H23NO.C6H11NO2.C2H6.H2O/c1-4-20(22-14-12-21(13-15-22)18(3)24)11-10-17(2)23-16-19-8-6-5-7-9-19;1-4(5(2)8)6(9)7-3;1-2;/h4-15,23H,1,16H2,2-3H3;4H,1-3H3,(H,7,9);1-2H3;1H2/b17-10+,20-11+;;;. The predicted molar refractivity (Wildman–Crippen MR) is 151 cm³/mol. The maximum absolute atomic E-state index is 11.3. The van der Waals surface area contributed by atoms with Gasteiger partial charge in [-0.1, -0.05) is 87.2 Å². The fourth-order valence-corrected chi connectivity index (χ4v) is 2.69. The van der Waals surface area contributed by atoms with Gasteiger partial charge in [-0.05, 0) is 50.5 Å². The molecular formula is C30H42N2O4. The highest BCUT2D eigenvalue weighted by molar-refractivity contribution is 5.99. The molecule has 1 amide bonds. The number of rotatable bonds is 9. The van der Waals surface area contributed by atoms with Gasteiger partial charge in [0.2, 0.25) is 5.91 Å². The van der Waals surface area contributed by atoms with Crippen LogP contribution in [0.5, 0.6) is 0 Å². The molecule has 6 heteroatoms. The molecule has 1 unspecified atom stereocenters. The number of allylic oxidation sites excluding steroid dienone is 5. The number of amides is 1. The Hall–Kier alpha value is -3.77. The molecule has 0 aliphatic carbocycles. The lowest BCUT2D eigenvalue weighted by molar-refractivity contribution is -0.131. The van der Waals surface area contributed by atoms with Gasteiger partial charge in [-0.2, -0.15) is 0 Å². The lowest BCUT2D eigenvalue weighted by Gasteiger charge is -2.07. The van der Waals surface area contributed by atoms with Gasteiger partial charge >= 0.3 is 0 Å². The molecule has 0 bridgehead atoms. The van der Waals surface area contributed by atoms with Crippen LogP contribution < -0.4 is 10.6 Å². The summed E-state index contributed by atoms with van der Waals surface area (Å²) in [6.07, 6.45) is 5.89. The van der Waals surface area contributed by atoms with Gasteiger partial charge < -0.3 is 16.1 Å². The molecule has 0 saturated carbocycles. The fraction of sp³-hybridized carbons (Fsp3) is 0.300. The minimum absolute atomic E-state index is 0. The van der Waals surface area contributed by atoms with E-state index >= 15 is 0 Å². The molecule has 2 rings (SSSR count). The van der Waals surface area contributed by atoms with E-state index in [1.54, 1.807) is 13.8 Å². The normalized spacial score (nSPS) is 11.2. The van der Waals surface area contributed by atoms with Crippen molar-refractivity contribution in [2.45, 2.75) is 48.1 Å². The van der Waals surface area contributed by atoms with Crippen LogP contribution in [-0.4, -0.2) is 30.0 Å². The van der Waals surface area contributed by atoms with Crippen LogP contribution in [0.25, 0.3) is 5.57 Å². The van der Waals surface area contributed by atoms with E-state index in [1.165, 1.54) is 19.5 Å². The second kappa shape index (κ2) is 19.5. The van der Waals surface area contributed by atoms with Gasteiger partial charge in [0.1, 0.15) is 5.78 Å². The molecule has 0 heterocycles. The van der Waals surface area contributed by atoms with Crippen LogP contribution in [0.15, 0.2) is 85.1 Å². The van der Waals surface area contributed by atoms with Gasteiger partial charge in [0.05, 0.1) is 5.92 Å². The van der Waals surface area contributed by atoms with E-state index in [0.29, 0.717) is 0 Å². The largest absolute Gasteiger partial charge is 0.412 e. The molecule has 2 aromatic rings. The minimum atomic E-state index is -0.505. The van der Waals surface area contributed by atoms with Crippen LogP contribution >= 0.6 is 0 Å². The van der Waals surface area contributed by atoms with Crippen LogP contribution in [0.3, 0.4) is 0 Å². The molecule has 0 aliphatic heterocycles. The van der Waals surface area contributed by atoms with Crippen LogP contribution in [0, 0.1) is 5.92 Å². The summed E-state index contributed by atoms with van der Waals surface area (Å²) >= 11 is 0. The molecule has 6 nitrogen and oxygen atoms in total. The maximum atomic E-state index is 11.3. The van der Waals surface area contributed by atoms with E-state index in [9.17, 15) is 14.4 Å². The van der Waals surface area contributed by atoms with Gasteiger partial charge in [-0.3, -0.25) is 14.4 Å². The lowest BCUT2D eigenvalue weighted by Crippen LogP contribution is -2.29. The van der Waals surface area contributed by atoms with Crippen molar-refractivity contribution in [1.29, 1.82) is 0 Å². The lowest BCUT2D eigenvalue weighted by atomic mass is 10.0. The first-order chi connectivity index (χ1) is 16.7. The third-order valence-electron chi connectivity index (χ3n) is 5.02. The molecular weight excluding hydrogens is 452 g/mol. The first kappa shape index (κ1) is 34.4. The van der Waals surface area contributed by atoms with Crippen LogP contribution in [0.2, 0.25) is 0 Å². The summed E-state index contributed by atoms with van der Waals surface area (Å²) < 4.78 is 0. The Labute approximate surface area is 216 Å². The van der Waals surface area contributed by atoms with Crippen molar-refractivity contribution < 1.29 is 19.9 Å². The highest BCUT2D eigenvalue weighted by atomic mass is 16.2. The molecule has 0 saturated heterocycles. The van der Waals surface area contributed by atoms with Gasteiger partial charge in [-0.25, -0.2) is 0 Å². The minimum Gasteiger partial charge on any atom is -0.412 e. The Morgan fingerprint density at radius 2 is 1.42 bits per heavy atom. The number of carbonyl (C=O) groups is 3. The average Bonchev–Trinajstić information content (AvgIpc) is 2.89. The summed E-state index contributed by atoms with van der Waals surface area (Å²) in [5.74, 6) is -0.751. The first-order valence-electron chi connectivity index (χ1n) is 11.8. The highest BCUT2D eigenvalue weighted by Crippen LogP contribution is 2.17. The summed E-state index contributed by atoms with van der Waals surface area (Å²) in [6, 6.07) is 17.9. The zero-order valence-electron chi connectivity index (χ0n) is 22.6. The first-order valence-corrected chi connectivity index (χ1v) is 11.8. The molecule has 0 fully saturated rings. The van der Waals surface area contributed by atoms with Crippen LogP contribution in [0.1, 0.15) is 63.0 Å². The van der Waals surface area contributed by atoms with Crippen LogP contribution in [0.4, 0.5) is 0 Å². The Morgan fingerprint density at radius 3 is 1.83 bits per heavy atom. The van der Waals surface area contributed by atoms with E-state index in [0.717, 1.165) is 28.9 Å². The van der Waals surface area contributed by atoms with Crippen molar-refractivity contribution in [2.24, 2.45) is 5.92 Å². The second-order valence-electron chi connectivity index (χ2n) is 7.60. The summed E-state index contributed by atoms with van der Waals surface area (Å²) in [7, 11) is 1.52. The van der Waals surface area contributed by atoms with E-state index in [2.05, 4.69) is 29.3 Å². The molecule has 0 spiro atoms. The van der Waals surface area contributed by atoms with Crippen molar-refractivity contribution in [2.75, 3.05) is 7.05 Å². The van der Waals surface area contributed by atoms with Crippen molar-refractivity contribution in [3.05, 3.63) is 102 Å². The zero-order chi connectivity index (χ0) is 26.8. The van der Waals surface area contributed by atoms with Gasteiger partial charge in [0, 0.05) is 24.9 Å². The highest BCUT2D eigenvalue weighted by Gasteiger charge is 2.14. The third kappa shape index (κ3) is 13.2. The molecule has 36 heavy (non-hydrogen) atoms. The van der Waals surface area contributed by atoms with E-state index in [-0.39, 0.29) is 22.9 Å². The van der Waals surface area contributed by atoms with Crippen molar-refractivity contribution in [1.82, 2.24) is 10.6 Å². The average molecular weight is 495 g/mol. The summed E-state index contributed by atoms with van der Waals surface area (Å²) in [5, 5.41) is 5.78. The number of ketones is 2. The number of hydrogen-bond acceptors (Lipinski definition) is 4. The fourth-order valence-electron chi connectivity index (χ4n) is 2.69. The summed E-state index contributed by atoms with van der Waals surface area (Å²) in [6.45, 7) is 15.3. The second-order valence-corrected chi connectivity index (χ2v) is 7.60. The van der Waals surface area contributed by atoms with Crippen molar-refractivity contribution >= 4 is 23.0 Å². The Bertz CT molecular complexity index is 1010. The third-order valence-corrected chi connectivity index (χ3v) is 5.02. The molecule has 4 N–H and O–H groups in total. The Balaban J connectivity index is 0. The monoisotopic (exact) mass is 494 g/mol. The number of carbonyl (C=O) groups excluding carboxylic acids is 3. The van der Waals surface area contributed by atoms with E-state index < -0.39 is 5.92 Å². The van der Waals surface area contributed by atoms with E-state index in [1.807, 2.05) is 81.5 Å². The smallest absolute Gasteiger partial charge is 0.230 e. The van der Waals surface area contributed by atoms with E-state index in [4.69, 9.17) is 0 Å². The van der Waals surface area contributed by atoms with Crippen molar-refractivity contribution in [3.8, 4) is 0 Å². The number of benzene rings is 2. The molecule has 0 aliphatic rings. The zero-order valence-corrected chi connectivity index (χ0v) is 22.6. The quantitative estimate of drug-likeness (QED) is 0.280. The van der Waals surface area contributed by atoms with Crippen LogP contribution in [-0.2, 0) is 16.1 Å². The van der Waals surface area contributed by atoms with Gasteiger partial charge in [-0.15, -0.1) is 0 Å². The Morgan fingerprint density at radius 1 is 0.889 bits per heavy atom. The predicted octanol–water partition coefficient (Wildman–Crippen LogP) is 5.31.